The third-order valence-electron chi connectivity index (χ3n) is 3.79. The van der Waals surface area contributed by atoms with Gasteiger partial charge in [-0.2, -0.15) is 0 Å². The normalized spacial score (nSPS) is 10.9. The van der Waals surface area contributed by atoms with Crippen LogP contribution in [0.3, 0.4) is 0 Å². The van der Waals surface area contributed by atoms with Gasteiger partial charge >= 0.3 is 0 Å². The van der Waals surface area contributed by atoms with Gasteiger partial charge in [-0.05, 0) is 43.5 Å². The van der Waals surface area contributed by atoms with Crippen LogP contribution in [0.25, 0.3) is 10.9 Å². The van der Waals surface area contributed by atoms with Crippen LogP contribution in [-0.4, -0.2) is 10.8 Å². The fraction of sp³-hybridized carbons (Fsp3) is 0.167. The third-order valence-corrected chi connectivity index (χ3v) is 3.79. The van der Waals surface area contributed by atoms with E-state index in [0.717, 1.165) is 33.2 Å². The highest BCUT2D eigenvalue weighted by molar-refractivity contribution is 6.17. The van der Waals surface area contributed by atoms with E-state index in [4.69, 9.17) is 0 Å². The fourth-order valence-electron chi connectivity index (χ4n) is 2.74. The quantitative estimate of drug-likeness (QED) is 0.686. The van der Waals surface area contributed by atoms with Gasteiger partial charge in [-0.1, -0.05) is 30.3 Å². The summed E-state index contributed by atoms with van der Waals surface area (Å²) in [6, 6.07) is 12.1. The molecule has 2 heteroatoms. The lowest BCUT2D eigenvalue weighted by molar-refractivity contribution is 0.103. The summed E-state index contributed by atoms with van der Waals surface area (Å²) >= 11 is 0. The number of aryl methyl sites for hydroxylation is 3. The molecule has 0 fully saturated rings. The Hall–Kier alpha value is -2.35. The molecule has 2 aromatic carbocycles. The minimum Gasteiger partial charge on any atom is -0.360 e. The van der Waals surface area contributed by atoms with E-state index in [0.29, 0.717) is 0 Å². The van der Waals surface area contributed by atoms with Gasteiger partial charge in [0.2, 0.25) is 0 Å². The maximum absolute atomic E-state index is 12.8. The molecule has 0 radical (unpaired) electrons. The zero-order chi connectivity index (χ0) is 14.3. The standard InChI is InChI=1S/C18H17NO/c1-11-7-8-14-15(10-19-16(14)9-11)18(20)17-12(2)5-4-6-13(17)3/h4-10,19H,1-3H3. The molecule has 100 valence electrons. The van der Waals surface area contributed by atoms with Crippen molar-refractivity contribution in [3.8, 4) is 0 Å². The highest BCUT2D eigenvalue weighted by Gasteiger charge is 2.17. The lowest BCUT2D eigenvalue weighted by Crippen LogP contribution is -2.05. The van der Waals surface area contributed by atoms with E-state index in [1.807, 2.05) is 57.3 Å². The lowest BCUT2D eigenvalue weighted by Gasteiger charge is -2.07. The number of fused-ring (bicyclic) bond motifs is 1. The largest absolute Gasteiger partial charge is 0.360 e. The lowest BCUT2D eigenvalue weighted by atomic mass is 9.94. The van der Waals surface area contributed by atoms with Gasteiger partial charge in [0.1, 0.15) is 0 Å². The molecule has 1 N–H and O–H groups in total. The second kappa shape index (κ2) is 4.64. The molecule has 20 heavy (non-hydrogen) atoms. The number of rotatable bonds is 2. The first-order valence-electron chi connectivity index (χ1n) is 6.76. The minimum atomic E-state index is 0.0932. The van der Waals surface area contributed by atoms with Crippen LogP contribution in [0, 0.1) is 20.8 Å². The summed E-state index contributed by atoms with van der Waals surface area (Å²) in [5, 5.41) is 0.989. The van der Waals surface area contributed by atoms with E-state index in [2.05, 4.69) is 11.1 Å². The van der Waals surface area contributed by atoms with Crippen molar-refractivity contribution in [3.63, 3.8) is 0 Å². The summed E-state index contributed by atoms with van der Waals surface area (Å²) in [5.41, 5.74) is 5.81. The molecule has 1 heterocycles. The van der Waals surface area contributed by atoms with Crippen molar-refractivity contribution in [2.45, 2.75) is 20.8 Å². The van der Waals surface area contributed by atoms with Crippen molar-refractivity contribution < 1.29 is 4.79 Å². The Morgan fingerprint density at radius 3 is 2.40 bits per heavy atom. The van der Waals surface area contributed by atoms with Crippen LogP contribution in [0.5, 0.6) is 0 Å². The Labute approximate surface area is 118 Å². The number of nitrogens with one attached hydrogen (secondary N) is 1. The predicted molar refractivity (Wildman–Crippen MR) is 82.4 cm³/mol. The SMILES string of the molecule is Cc1ccc2c(C(=O)c3c(C)cccc3C)c[nH]c2c1. The molecular weight excluding hydrogens is 246 g/mol. The zero-order valence-electron chi connectivity index (χ0n) is 11.9. The molecule has 2 nitrogen and oxygen atoms in total. The van der Waals surface area contributed by atoms with Gasteiger partial charge in [0.25, 0.3) is 0 Å². The summed E-state index contributed by atoms with van der Waals surface area (Å²) < 4.78 is 0. The summed E-state index contributed by atoms with van der Waals surface area (Å²) in [5.74, 6) is 0.0932. The molecule has 0 unspecified atom stereocenters. The molecular formula is C18H17NO. The maximum Gasteiger partial charge on any atom is 0.195 e. The van der Waals surface area contributed by atoms with Gasteiger partial charge in [0.05, 0.1) is 0 Å². The van der Waals surface area contributed by atoms with Crippen molar-refractivity contribution in [2.75, 3.05) is 0 Å². The summed E-state index contributed by atoms with van der Waals surface area (Å²) in [4.78, 5) is 16.0. The number of H-pyrrole nitrogens is 1. The van der Waals surface area contributed by atoms with Gasteiger partial charge in [0, 0.05) is 28.2 Å². The molecule has 0 aliphatic rings. The van der Waals surface area contributed by atoms with Crippen molar-refractivity contribution in [3.05, 3.63) is 70.4 Å². The summed E-state index contributed by atoms with van der Waals surface area (Å²) in [7, 11) is 0. The Balaban J connectivity index is 2.18. The molecule has 0 aliphatic heterocycles. The number of hydrogen-bond donors (Lipinski definition) is 1. The third kappa shape index (κ3) is 1.94. The first kappa shape index (κ1) is 12.7. The van der Waals surface area contributed by atoms with Crippen LogP contribution in [0.4, 0.5) is 0 Å². The van der Waals surface area contributed by atoms with Crippen molar-refractivity contribution in [1.82, 2.24) is 4.98 Å². The second-order valence-electron chi connectivity index (χ2n) is 5.35. The van der Waals surface area contributed by atoms with Crippen molar-refractivity contribution >= 4 is 16.7 Å². The number of aromatic nitrogens is 1. The second-order valence-corrected chi connectivity index (χ2v) is 5.35. The summed E-state index contributed by atoms with van der Waals surface area (Å²) in [6.45, 7) is 6.02. The molecule has 0 amide bonds. The van der Waals surface area contributed by atoms with Crippen LogP contribution in [0.15, 0.2) is 42.6 Å². The van der Waals surface area contributed by atoms with Gasteiger partial charge in [-0.25, -0.2) is 0 Å². The Kier molecular flexibility index (Phi) is 2.94. The zero-order valence-corrected chi connectivity index (χ0v) is 11.9. The first-order valence-corrected chi connectivity index (χ1v) is 6.76. The van der Waals surface area contributed by atoms with Crippen LogP contribution < -0.4 is 0 Å². The number of hydrogen-bond acceptors (Lipinski definition) is 1. The molecule has 0 spiro atoms. The van der Waals surface area contributed by atoms with E-state index < -0.39 is 0 Å². The van der Waals surface area contributed by atoms with Gasteiger partial charge in [-0.3, -0.25) is 4.79 Å². The highest BCUT2D eigenvalue weighted by atomic mass is 16.1. The number of benzene rings is 2. The van der Waals surface area contributed by atoms with Gasteiger partial charge < -0.3 is 4.98 Å². The van der Waals surface area contributed by atoms with Crippen LogP contribution >= 0.6 is 0 Å². The van der Waals surface area contributed by atoms with Crippen LogP contribution in [-0.2, 0) is 0 Å². The molecule has 1 aromatic heterocycles. The van der Waals surface area contributed by atoms with Crippen molar-refractivity contribution in [1.29, 1.82) is 0 Å². The van der Waals surface area contributed by atoms with E-state index in [1.54, 1.807) is 0 Å². The smallest absolute Gasteiger partial charge is 0.195 e. The average Bonchev–Trinajstić information content (AvgIpc) is 2.81. The topological polar surface area (TPSA) is 32.9 Å². The molecule has 3 aromatic rings. The van der Waals surface area contributed by atoms with Gasteiger partial charge in [0.15, 0.2) is 5.78 Å². The molecule has 3 rings (SSSR count). The minimum absolute atomic E-state index is 0.0932. The van der Waals surface area contributed by atoms with Gasteiger partial charge in [-0.15, -0.1) is 0 Å². The fourth-order valence-corrected chi connectivity index (χ4v) is 2.74. The van der Waals surface area contributed by atoms with Crippen LogP contribution in [0.2, 0.25) is 0 Å². The Morgan fingerprint density at radius 1 is 1.00 bits per heavy atom. The molecule has 0 saturated carbocycles. The van der Waals surface area contributed by atoms with E-state index >= 15 is 0 Å². The molecule has 0 atom stereocenters. The average molecular weight is 263 g/mol. The monoisotopic (exact) mass is 263 g/mol. The number of carbonyl (C=O) groups is 1. The van der Waals surface area contributed by atoms with E-state index in [9.17, 15) is 4.79 Å². The van der Waals surface area contributed by atoms with Crippen LogP contribution in [0.1, 0.15) is 32.6 Å². The van der Waals surface area contributed by atoms with E-state index in [1.165, 1.54) is 5.56 Å². The summed E-state index contributed by atoms with van der Waals surface area (Å²) in [6.07, 6.45) is 1.82. The number of aromatic amines is 1. The maximum atomic E-state index is 12.8. The van der Waals surface area contributed by atoms with Crippen molar-refractivity contribution in [2.24, 2.45) is 0 Å². The number of carbonyl (C=O) groups excluding carboxylic acids is 1. The highest BCUT2D eigenvalue weighted by Crippen LogP contribution is 2.24. The number of ketones is 1. The Bertz CT molecular complexity index is 791. The predicted octanol–water partition coefficient (Wildman–Crippen LogP) is 4.32. The molecule has 0 aliphatic carbocycles. The molecule has 0 saturated heterocycles. The first-order chi connectivity index (χ1) is 9.58. The Morgan fingerprint density at radius 2 is 1.70 bits per heavy atom. The van der Waals surface area contributed by atoms with E-state index in [-0.39, 0.29) is 5.78 Å². The molecule has 0 bridgehead atoms.